The monoisotopic (exact) mass is 281 g/mol. The zero-order chi connectivity index (χ0) is 14.8. The molecule has 106 valence electrons. The van der Waals surface area contributed by atoms with Crippen molar-refractivity contribution in [2.75, 3.05) is 19.5 Å². The molecule has 0 bridgehead atoms. The molecule has 1 heterocycles. The van der Waals surface area contributed by atoms with Crippen molar-refractivity contribution in [3.63, 3.8) is 0 Å². The molecule has 4 heteroatoms. The molecule has 1 aliphatic rings. The first kappa shape index (κ1) is 13.2. The molecule has 0 aliphatic carbocycles. The molecule has 0 spiro atoms. The number of amides is 1. The topological polar surface area (TPSA) is 47.6 Å². The van der Waals surface area contributed by atoms with E-state index in [0.29, 0.717) is 17.1 Å². The van der Waals surface area contributed by atoms with Gasteiger partial charge >= 0.3 is 0 Å². The number of carbonyl (C=O) groups excluding carboxylic acids is 1. The maximum absolute atomic E-state index is 12.2. The van der Waals surface area contributed by atoms with E-state index < -0.39 is 0 Å². The van der Waals surface area contributed by atoms with Gasteiger partial charge in [0, 0.05) is 17.2 Å². The van der Waals surface area contributed by atoms with Gasteiger partial charge in [-0.1, -0.05) is 30.3 Å². The molecule has 1 N–H and O–H groups in total. The molecule has 21 heavy (non-hydrogen) atoms. The first-order valence-electron chi connectivity index (χ1n) is 6.57. The molecule has 0 aromatic heterocycles. The van der Waals surface area contributed by atoms with Gasteiger partial charge in [-0.15, -0.1) is 0 Å². The number of ether oxygens (including phenoxy) is 2. The quantitative estimate of drug-likeness (QED) is 0.879. The molecular weight excluding hydrogens is 266 g/mol. The Morgan fingerprint density at radius 3 is 2.33 bits per heavy atom. The third-order valence-electron chi connectivity index (χ3n) is 3.42. The molecule has 0 saturated carbocycles. The van der Waals surface area contributed by atoms with Gasteiger partial charge in [0.2, 0.25) is 0 Å². The summed E-state index contributed by atoms with van der Waals surface area (Å²) in [4.78, 5) is 12.2. The fourth-order valence-electron chi connectivity index (χ4n) is 2.38. The van der Waals surface area contributed by atoms with E-state index in [1.807, 2.05) is 42.5 Å². The molecule has 0 fully saturated rings. The number of benzene rings is 2. The van der Waals surface area contributed by atoms with Crippen LogP contribution in [0.15, 0.2) is 42.5 Å². The molecule has 1 amide bonds. The summed E-state index contributed by atoms with van der Waals surface area (Å²) in [5.41, 5.74) is 3.16. The number of rotatable bonds is 3. The average Bonchev–Trinajstić information content (AvgIpc) is 2.82. The summed E-state index contributed by atoms with van der Waals surface area (Å²) in [6.45, 7) is 0. The largest absolute Gasteiger partial charge is 0.493 e. The number of hydrogen-bond acceptors (Lipinski definition) is 3. The van der Waals surface area contributed by atoms with Crippen LogP contribution in [0, 0.1) is 0 Å². The summed E-state index contributed by atoms with van der Waals surface area (Å²) in [6.07, 6.45) is 1.87. The van der Waals surface area contributed by atoms with Crippen molar-refractivity contribution in [1.29, 1.82) is 0 Å². The first-order chi connectivity index (χ1) is 10.2. The van der Waals surface area contributed by atoms with Gasteiger partial charge in [0.1, 0.15) is 0 Å². The predicted molar refractivity (Wildman–Crippen MR) is 82.5 cm³/mol. The van der Waals surface area contributed by atoms with Crippen LogP contribution in [0.5, 0.6) is 11.5 Å². The van der Waals surface area contributed by atoms with Crippen LogP contribution in [0.4, 0.5) is 5.69 Å². The Morgan fingerprint density at radius 2 is 1.67 bits per heavy atom. The van der Waals surface area contributed by atoms with Crippen LogP contribution in [0.1, 0.15) is 11.1 Å². The normalized spacial score (nSPS) is 14.8. The number of carbonyl (C=O) groups is 1. The van der Waals surface area contributed by atoms with E-state index in [4.69, 9.17) is 9.47 Å². The molecular formula is C17H15NO3. The van der Waals surface area contributed by atoms with E-state index >= 15 is 0 Å². The fourth-order valence-corrected chi connectivity index (χ4v) is 2.38. The van der Waals surface area contributed by atoms with Crippen LogP contribution < -0.4 is 14.8 Å². The number of fused-ring (bicyclic) bond motifs is 1. The minimum absolute atomic E-state index is 0.121. The lowest BCUT2D eigenvalue weighted by atomic mass is 10.0. The second kappa shape index (κ2) is 5.32. The van der Waals surface area contributed by atoms with E-state index in [1.54, 1.807) is 20.3 Å². The lowest BCUT2D eigenvalue weighted by Crippen LogP contribution is -2.03. The molecule has 3 rings (SSSR count). The Balaban J connectivity index is 2.11. The summed E-state index contributed by atoms with van der Waals surface area (Å²) < 4.78 is 10.6. The van der Waals surface area contributed by atoms with Crippen molar-refractivity contribution >= 4 is 23.2 Å². The van der Waals surface area contributed by atoms with Crippen molar-refractivity contribution in [3.05, 3.63) is 53.6 Å². The highest BCUT2D eigenvalue weighted by atomic mass is 16.5. The van der Waals surface area contributed by atoms with Crippen LogP contribution in [-0.4, -0.2) is 20.1 Å². The van der Waals surface area contributed by atoms with E-state index in [9.17, 15) is 4.79 Å². The van der Waals surface area contributed by atoms with Gasteiger partial charge in [0.15, 0.2) is 11.5 Å². The molecule has 0 atom stereocenters. The second-order valence-corrected chi connectivity index (χ2v) is 4.68. The van der Waals surface area contributed by atoms with Crippen LogP contribution >= 0.6 is 0 Å². The smallest absolute Gasteiger partial charge is 0.256 e. The van der Waals surface area contributed by atoms with E-state index in [2.05, 4.69) is 5.32 Å². The van der Waals surface area contributed by atoms with Crippen molar-refractivity contribution in [2.45, 2.75) is 0 Å². The van der Waals surface area contributed by atoms with Crippen LogP contribution in [0.25, 0.3) is 11.6 Å². The highest BCUT2D eigenvalue weighted by molar-refractivity contribution is 6.35. The predicted octanol–water partition coefficient (Wildman–Crippen LogP) is 3.20. The van der Waals surface area contributed by atoms with Gasteiger partial charge in [-0.25, -0.2) is 0 Å². The number of methoxy groups -OCH3 is 2. The molecule has 2 aromatic carbocycles. The van der Waals surface area contributed by atoms with Crippen LogP contribution in [0.2, 0.25) is 0 Å². The summed E-state index contributed by atoms with van der Waals surface area (Å²) in [5.74, 6) is 1.08. The van der Waals surface area contributed by atoms with E-state index in [1.165, 1.54) is 0 Å². The Bertz CT molecular complexity index is 720. The highest BCUT2D eigenvalue weighted by Gasteiger charge is 2.26. The summed E-state index contributed by atoms with van der Waals surface area (Å²) in [6, 6.07) is 13.3. The van der Waals surface area contributed by atoms with Crippen molar-refractivity contribution < 1.29 is 14.3 Å². The maximum Gasteiger partial charge on any atom is 0.256 e. The van der Waals surface area contributed by atoms with Crippen LogP contribution in [-0.2, 0) is 4.79 Å². The van der Waals surface area contributed by atoms with Crippen molar-refractivity contribution in [3.8, 4) is 11.5 Å². The minimum Gasteiger partial charge on any atom is -0.493 e. The van der Waals surface area contributed by atoms with E-state index in [0.717, 1.165) is 16.8 Å². The number of anilines is 1. The third kappa shape index (κ3) is 2.36. The molecule has 1 aliphatic heterocycles. The number of nitrogens with one attached hydrogen (secondary N) is 1. The van der Waals surface area contributed by atoms with Gasteiger partial charge in [-0.05, 0) is 17.7 Å². The summed E-state index contributed by atoms with van der Waals surface area (Å²) in [7, 11) is 3.15. The SMILES string of the molecule is COc1cc2c(cc1OC)/C(=C/c1ccccc1)C(=O)N2. The number of hydrogen-bond donors (Lipinski definition) is 1. The zero-order valence-corrected chi connectivity index (χ0v) is 11.8. The molecule has 2 aromatic rings. The highest BCUT2D eigenvalue weighted by Crippen LogP contribution is 2.41. The molecule has 0 saturated heterocycles. The van der Waals surface area contributed by atoms with Gasteiger partial charge in [-0.2, -0.15) is 0 Å². The first-order valence-corrected chi connectivity index (χ1v) is 6.57. The van der Waals surface area contributed by atoms with Crippen molar-refractivity contribution in [1.82, 2.24) is 0 Å². The standard InChI is InChI=1S/C17H15NO3/c1-20-15-9-12-13(8-11-6-4-3-5-7-11)17(19)18-14(12)10-16(15)21-2/h3-10H,1-2H3,(H,18,19)/b13-8-. The Hall–Kier alpha value is -2.75. The van der Waals surface area contributed by atoms with E-state index in [-0.39, 0.29) is 5.91 Å². The second-order valence-electron chi connectivity index (χ2n) is 4.68. The maximum atomic E-state index is 12.2. The van der Waals surface area contributed by atoms with Gasteiger partial charge in [-0.3, -0.25) is 4.79 Å². The lowest BCUT2D eigenvalue weighted by molar-refractivity contribution is -0.110. The molecule has 0 unspecified atom stereocenters. The Kier molecular flexibility index (Phi) is 3.36. The Morgan fingerprint density at radius 1 is 1.00 bits per heavy atom. The Labute approximate surface area is 123 Å². The van der Waals surface area contributed by atoms with Gasteiger partial charge < -0.3 is 14.8 Å². The zero-order valence-electron chi connectivity index (χ0n) is 11.8. The van der Waals surface area contributed by atoms with Gasteiger partial charge in [0.25, 0.3) is 5.91 Å². The third-order valence-corrected chi connectivity index (χ3v) is 3.42. The van der Waals surface area contributed by atoms with Crippen LogP contribution in [0.3, 0.4) is 0 Å². The lowest BCUT2D eigenvalue weighted by Gasteiger charge is -2.09. The summed E-state index contributed by atoms with van der Waals surface area (Å²) >= 11 is 0. The molecule has 4 nitrogen and oxygen atoms in total. The van der Waals surface area contributed by atoms with Crippen molar-refractivity contribution in [2.24, 2.45) is 0 Å². The van der Waals surface area contributed by atoms with Gasteiger partial charge in [0.05, 0.1) is 19.9 Å². The average molecular weight is 281 g/mol. The summed E-state index contributed by atoms with van der Waals surface area (Å²) in [5, 5.41) is 2.85. The molecule has 0 radical (unpaired) electrons. The minimum atomic E-state index is -0.121. The fraction of sp³-hybridized carbons (Fsp3) is 0.118.